The molecular formula is C5H8ClN3O. The summed E-state index contributed by atoms with van der Waals surface area (Å²) in [6.45, 7) is 0.467. The Balaban J connectivity index is 2.77. The van der Waals surface area contributed by atoms with Crippen LogP contribution in [0.5, 0.6) is 0 Å². The zero-order valence-corrected chi connectivity index (χ0v) is 6.04. The first-order chi connectivity index (χ1) is 4.74. The summed E-state index contributed by atoms with van der Waals surface area (Å²) in [5, 5.41) is 12.7. The largest absolute Gasteiger partial charge is 0.394 e. The van der Waals surface area contributed by atoms with Crippen LogP contribution in [0.1, 0.15) is 0 Å². The topological polar surface area (TPSA) is 64.1 Å². The maximum absolute atomic E-state index is 8.48. The summed E-state index contributed by atoms with van der Waals surface area (Å²) in [5.74, 6) is 0.301. The predicted molar refractivity (Wildman–Crippen MR) is 38.7 cm³/mol. The highest BCUT2D eigenvalue weighted by Crippen LogP contribution is 2.14. The van der Waals surface area contributed by atoms with Gasteiger partial charge in [-0.25, -0.2) is 0 Å². The van der Waals surface area contributed by atoms with E-state index in [2.05, 4.69) is 5.10 Å². The minimum absolute atomic E-state index is 0.0391. The van der Waals surface area contributed by atoms with Crippen LogP contribution in [0, 0.1) is 0 Å². The van der Waals surface area contributed by atoms with E-state index in [1.165, 1.54) is 4.68 Å². The van der Waals surface area contributed by atoms with Crippen LogP contribution in [0.15, 0.2) is 6.20 Å². The van der Waals surface area contributed by atoms with E-state index in [4.69, 9.17) is 22.4 Å². The summed E-state index contributed by atoms with van der Waals surface area (Å²) >= 11 is 5.58. The lowest BCUT2D eigenvalue weighted by molar-refractivity contribution is 0.269. The van der Waals surface area contributed by atoms with Crippen molar-refractivity contribution < 1.29 is 5.11 Å². The molecule has 0 radical (unpaired) electrons. The molecule has 0 saturated heterocycles. The monoisotopic (exact) mass is 161 g/mol. The van der Waals surface area contributed by atoms with E-state index in [-0.39, 0.29) is 6.61 Å². The van der Waals surface area contributed by atoms with Crippen LogP contribution >= 0.6 is 11.6 Å². The number of hydrogen-bond acceptors (Lipinski definition) is 3. The summed E-state index contributed by atoms with van der Waals surface area (Å²) in [5.41, 5.74) is 5.33. The molecule has 0 fully saturated rings. The quantitative estimate of drug-likeness (QED) is 0.647. The van der Waals surface area contributed by atoms with Gasteiger partial charge in [-0.1, -0.05) is 11.6 Å². The van der Waals surface area contributed by atoms with Crippen molar-refractivity contribution in [1.29, 1.82) is 0 Å². The van der Waals surface area contributed by atoms with Gasteiger partial charge in [0.15, 0.2) is 5.82 Å². The average molecular weight is 162 g/mol. The number of rotatable bonds is 2. The molecule has 1 aromatic heterocycles. The van der Waals surface area contributed by atoms with Crippen molar-refractivity contribution in [2.24, 2.45) is 0 Å². The fourth-order valence-corrected chi connectivity index (χ4v) is 0.779. The van der Waals surface area contributed by atoms with Gasteiger partial charge in [-0.15, -0.1) is 0 Å². The Hall–Kier alpha value is -0.740. The number of aliphatic hydroxyl groups is 1. The molecule has 4 nitrogen and oxygen atoms in total. The first-order valence-electron chi connectivity index (χ1n) is 2.83. The molecule has 0 atom stereocenters. The smallest absolute Gasteiger partial charge is 0.164 e. The second kappa shape index (κ2) is 2.90. The van der Waals surface area contributed by atoms with Crippen molar-refractivity contribution in [3.05, 3.63) is 11.2 Å². The van der Waals surface area contributed by atoms with Gasteiger partial charge in [0.05, 0.1) is 13.2 Å². The van der Waals surface area contributed by atoms with Crippen LogP contribution in [0.4, 0.5) is 5.82 Å². The van der Waals surface area contributed by atoms with Crippen molar-refractivity contribution in [3.8, 4) is 0 Å². The van der Waals surface area contributed by atoms with Gasteiger partial charge in [-0.2, -0.15) is 5.10 Å². The molecule has 0 saturated carbocycles. The molecule has 0 aliphatic carbocycles. The van der Waals surface area contributed by atoms with Gasteiger partial charge in [0.1, 0.15) is 5.02 Å². The third-order valence-corrected chi connectivity index (χ3v) is 1.36. The third kappa shape index (κ3) is 1.40. The Morgan fingerprint density at radius 1 is 1.80 bits per heavy atom. The SMILES string of the molecule is Nc1nn(CCO)cc1Cl. The zero-order chi connectivity index (χ0) is 7.56. The van der Waals surface area contributed by atoms with E-state index in [1.54, 1.807) is 6.20 Å². The highest BCUT2D eigenvalue weighted by Gasteiger charge is 2.00. The molecule has 1 heterocycles. The second-order valence-electron chi connectivity index (χ2n) is 1.85. The number of aliphatic hydroxyl groups excluding tert-OH is 1. The van der Waals surface area contributed by atoms with E-state index in [0.29, 0.717) is 17.4 Å². The summed E-state index contributed by atoms with van der Waals surface area (Å²) in [6.07, 6.45) is 1.58. The van der Waals surface area contributed by atoms with Crippen molar-refractivity contribution in [1.82, 2.24) is 9.78 Å². The molecular weight excluding hydrogens is 154 g/mol. The third-order valence-electron chi connectivity index (χ3n) is 1.07. The fourth-order valence-electron chi connectivity index (χ4n) is 0.629. The molecule has 0 unspecified atom stereocenters. The zero-order valence-electron chi connectivity index (χ0n) is 5.29. The summed E-state index contributed by atoms with van der Waals surface area (Å²) < 4.78 is 1.50. The molecule has 10 heavy (non-hydrogen) atoms. The molecule has 0 amide bonds. The first-order valence-corrected chi connectivity index (χ1v) is 3.21. The Morgan fingerprint density at radius 2 is 2.50 bits per heavy atom. The molecule has 56 valence electrons. The van der Waals surface area contributed by atoms with Gasteiger partial charge in [-0.05, 0) is 0 Å². The maximum Gasteiger partial charge on any atom is 0.164 e. The second-order valence-corrected chi connectivity index (χ2v) is 2.26. The minimum Gasteiger partial charge on any atom is -0.394 e. The minimum atomic E-state index is 0.0391. The normalized spacial score (nSPS) is 10.2. The maximum atomic E-state index is 8.48. The summed E-state index contributed by atoms with van der Waals surface area (Å²) in [6, 6.07) is 0. The van der Waals surface area contributed by atoms with Crippen molar-refractivity contribution in [2.45, 2.75) is 6.54 Å². The Kier molecular flexibility index (Phi) is 2.13. The molecule has 0 aromatic carbocycles. The molecule has 1 rings (SSSR count). The van der Waals surface area contributed by atoms with E-state index >= 15 is 0 Å². The highest BCUT2D eigenvalue weighted by molar-refractivity contribution is 6.32. The van der Waals surface area contributed by atoms with E-state index < -0.39 is 0 Å². The van der Waals surface area contributed by atoms with Crippen LogP contribution in [-0.2, 0) is 6.54 Å². The van der Waals surface area contributed by atoms with Gasteiger partial charge < -0.3 is 10.8 Å². The molecule has 3 N–H and O–H groups in total. The van der Waals surface area contributed by atoms with E-state index in [1.807, 2.05) is 0 Å². The van der Waals surface area contributed by atoms with Crippen LogP contribution in [-0.4, -0.2) is 21.5 Å². The number of halogens is 1. The molecule has 0 bridgehead atoms. The number of aromatic nitrogens is 2. The fraction of sp³-hybridized carbons (Fsp3) is 0.400. The van der Waals surface area contributed by atoms with Gasteiger partial charge >= 0.3 is 0 Å². The Morgan fingerprint density at radius 3 is 2.90 bits per heavy atom. The van der Waals surface area contributed by atoms with Crippen molar-refractivity contribution in [3.63, 3.8) is 0 Å². The molecule has 0 spiro atoms. The molecule has 0 aliphatic rings. The number of anilines is 1. The summed E-state index contributed by atoms with van der Waals surface area (Å²) in [7, 11) is 0. The van der Waals surface area contributed by atoms with Crippen molar-refractivity contribution in [2.75, 3.05) is 12.3 Å². The molecule has 0 aliphatic heterocycles. The lowest BCUT2D eigenvalue weighted by Crippen LogP contribution is -2.02. The Labute approximate surface area is 63.2 Å². The van der Waals surface area contributed by atoms with Crippen LogP contribution in [0.3, 0.4) is 0 Å². The van der Waals surface area contributed by atoms with Crippen molar-refractivity contribution >= 4 is 17.4 Å². The lowest BCUT2D eigenvalue weighted by Gasteiger charge is -1.92. The van der Waals surface area contributed by atoms with Crippen LogP contribution in [0.2, 0.25) is 5.02 Å². The molecule has 1 aromatic rings. The van der Waals surface area contributed by atoms with Crippen LogP contribution in [0.25, 0.3) is 0 Å². The average Bonchev–Trinajstić information content (AvgIpc) is 2.14. The number of nitrogen functional groups attached to an aromatic ring is 1. The van der Waals surface area contributed by atoms with Gasteiger partial charge in [0.2, 0.25) is 0 Å². The number of nitrogens with two attached hydrogens (primary N) is 1. The number of nitrogens with zero attached hydrogens (tertiary/aromatic N) is 2. The lowest BCUT2D eigenvalue weighted by atomic mass is 10.6. The Bertz CT molecular complexity index is 203. The molecule has 5 heteroatoms. The van der Waals surface area contributed by atoms with Gasteiger partial charge in [0, 0.05) is 6.20 Å². The number of hydrogen-bond donors (Lipinski definition) is 2. The highest BCUT2D eigenvalue weighted by atomic mass is 35.5. The van der Waals surface area contributed by atoms with Gasteiger partial charge in [-0.3, -0.25) is 4.68 Å². The van der Waals surface area contributed by atoms with Gasteiger partial charge in [0.25, 0.3) is 0 Å². The van der Waals surface area contributed by atoms with E-state index in [9.17, 15) is 0 Å². The predicted octanol–water partition coefficient (Wildman–Crippen LogP) is 0.111. The van der Waals surface area contributed by atoms with Crippen LogP contribution < -0.4 is 5.73 Å². The standard InChI is InChI=1S/C5H8ClN3O/c6-4-3-9(1-2-10)8-5(4)7/h3,10H,1-2H2,(H2,7,8). The first kappa shape index (κ1) is 7.37. The summed E-state index contributed by atoms with van der Waals surface area (Å²) in [4.78, 5) is 0. The van der Waals surface area contributed by atoms with E-state index in [0.717, 1.165) is 0 Å².